The van der Waals surface area contributed by atoms with Crippen LogP contribution >= 0.6 is 0 Å². The first kappa shape index (κ1) is 12.7. The van der Waals surface area contributed by atoms with Crippen LogP contribution in [0.1, 0.15) is 50.8 Å². The molecule has 0 saturated carbocycles. The van der Waals surface area contributed by atoms with Crippen LogP contribution in [0.5, 0.6) is 0 Å². The van der Waals surface area contributed by atoms with Gasteiger partial charge in [-0.2, -0.15) is 4.98 Å². The van der Waals surface area contributed by atoms with Gasteiger partial charge in [0.25, 0.3) is 0 Å². The van der Waals surface area contributed by atoms with E-state index in [1.54, 1.807) is 0 Å². The number of hydrogen-bond acceptors (Lipinski definition) is 4. The predicted molar refractivity (Wildman–Crippen MR) is 68.1 cm³/mol. The third-order valence-corrected chi connectivity index (χ3v) is 2.69. The van der Waals surface area contributed by atoms with Gasteiger partial charge in [0.05, 0.1) is 5.69 Å². The summed E-state index contributed by atoms with van der Waals surface area (Å²) in [6.45, 7) is 4.33. The number of nitrogens with two attached hydrogens (primary N) is 2. The number of hydrogen-bond donors (Lipinski definition) is 2. The zero-order valence-corrected chi connectivity index (χ0v) is 10.3. The second kappa shape index (κ2) is 6.30. The fraction of sp³-hybridized carbons (Fsp3) is 0.667. The van der Waals surface area contributed by atoms with Gasteiger partial charge in [0.1, 0.15) is 5.82 Å². The Morgan fingerprint density at radius 1 is 0.938 bits per heavy atom. The predicted octanol–water partition coefficient (Wildman–Crippen LogP) is 2.33. The largest absolute Gasteiger partial charge is 0.383 e. The van der Waals surface area contributed by atoms with Gasteiger partial charge in [-0.05, 0) is 25.7 Å². The second-order valence-electron chi connectivity index (χ2n) is 4.10. The summed E-state index contributed by atoms with van der Waals surface area (Å²) in [5.41, 5.74) is 13.7. The van der Waals surface area contributed by atoms with Crippen LogP contribution in [0.25, 0.3) is 0 Å². The molecule has 0 spiro atoms. The molecule has 0 aliphatic carbocycles. The van der Waals surface area contributed by atoms with Crippen molar-refractivity contribution in [1.29, 1.82) is 0 Å². The molecular weight excluding hydrogens is 200 g/mol. The van der Waals surface area contributed by atoms with Gasteiger partial charge < -0.3 is 11.5 Å². The Hall–Kier alpha value is -1.32. The van der Waals surface area contributed by atoms with Crippen molar-refractivity contribution in [3.05, 3.63) is 11.3 Å². The Morgan fingerprint density at radius 2 is 1.56 bits per heavy atom. The highest BCUT2D eigenvalue weighted by Gasteiger charge is 2.10. The average molecular weight is 222 g/mol. The van der Waals surface area contributed by atoms with Gasteiger partial charge >= 0.3 is 0 Å². The van der Waals surface area contributed by atoms with Crippen molar-refractivity contribution in [3.63, 3.8) is 0 Å². The molecular formula is C12H22N4. The lowest BCUT2D eigenvalue weighted by Gasteiger charge is -2.11. The Bertz CT molecular complexity index is 336. The van der Waals surface area contributed by atoms with E-state index in [1.165, 1.54) is 0 Å². The maximum absolute atomic E-state index is 5.90. The van der Waals surface area contributed by atoms with E-state index in [1.807, 2.05) is 0 Å². The molecule has 1 aromatic heterocycles. The van der Waals surface area contributed by atoms with E-state index >= 15 is 0 Å². The molecule has 4 nitrogen and oxygen atoms in total. The molecule has 1 heterocycles. The van der Waals surface area contributed by atoms with Gasteiger partial charge in [0.15, 0.2) is 0 Å². The summed E-state index contributed by atoms with van der Waals surface area (Å²) in [5.74, 6) is 0.857. The van der Waals surface area contributed by atoms with E-state index in [0.29, 0.717) is 11.8 Å². The topological polar surface area (TPSA) is 77.8 Å². The molecule has 0 bridgehead atoms. The van der Waals surface area contributed by atoms with Crippen LogP contribution in [0.4, 0.5) is 11.8 Å². The Kier molecular flexibility index (Phi) is 5.02. The van der Waals surface area contributed by atoms with Crippen molar-refractivity contribution in [2.45, 2.75) is 52.4 Å². The molecule has 1 rings (SSSR count). The average Bonchev–Trinajstić information content (AvgIpc) is 2.24. The van der Waals surface area contributed by atoms with Crippen LogP contribution in [0.15, 0.2) is 0 Å². The van der Waals surface area contributed by atoms with Crippen LogP contribution in [0, 0.1) is 0 Å². The van der Waals surface area contributed by atoms with E-state index in [9.17, 15) is 0 Å². The van der Waals surface area contributed by atoms with Gasteiger partial charge in [0, 0.05) is 5.56 Å². The van der Waals surface area contributed by atoms with E-state index < -0.39 is 0 Å². The summed E-state index contributed by atoms with van der Waals surface area (Å²) in [6.07, 6.45) is 6.45. The van der Waals surface area contributed by atoms with Gasteiger partial charge in [-0.25, -0.2) is 4.98 Å². The van der Waals surface area contributed by atoms with Gasteiger partial charge in [-0.15, -0.1) is 0 Å². The minimum absolute atomic E-state index is 0.295. The molecule has 0 radical (unpaired) electrons. The standard InChI is InChI=1S/C12H22N4/c1-3-5-7-9-10(8-6-4-2)15-12(14)16-11(9)13/h3-8H2,1-2H3,(H4,13,14,15,16). The van der Waals surface area contributed by atoms with Crippen molar-refractivity contribution in [3.8, 4) is 0 Å². The van der Waals surface area contributed by atoms with Crippen molar-refractivity contribution in [1.82, 2.24) is 9.97 Å². The Balaban J connectivity index is 2.91. The number of unbranched alkanes of at least 4 members (excludes halogenated alkanes) is 2. The summed E-state index contributed by atoms with van der Waals surface area (Å²) in [4.78, 5) is 8.35. The van der Waals surface area contributed by atoms with Crippen LogP contribution in [0.2, 0.25) is 0 Å². The molecule has 0 aliphatic rings. The maximum Gasteiger partial charge on any atom is 0.222 e. The lowest BCUT2D eigenvalue weighted by Crippen LogP contribution is -2.09. The summed E-state index contributed by atoms with van der Waals surface area (Å²) >= 11 is 0. The molecule has 0 amide bonds. The number of nitrogens with zero attached hydrogens (tertiary/aromatic N) is 2. The summed E-state index contributed by atoms with van der Waals surface area (Å²) in [6, 6.07) is 0. The fourth-order valence-corrected chi connectivity index (χ4v) is 1.75. The SMILES string of the molecule is CCCCc1nc(N)nc(N)c1CCCC. The quantitative estimate of drug-likeness (QED) is 0.774. The first-order valence-electron chi connectivity index (χ1n) is 6.09. The highest BCUT2D eigenvalue weighted by molar-refractivity contribution is 5.46. The van der Waals surface area contributed by atoms with Crippen molar-refractivity contribution in [2.75, 3.05) is 11.5 Å². The molecule has 0 aromatic carbocycles. The molecule has 1 aromatic rings. The summed E-state index contributed by atoms with van der Waals surface area (Å²) in [5, 5.41) is 0. The minimum atomic E-state index is 0.295. The zero-order valence-electron chi connectivity index (χ0n) is 10.3. The maximum atomic E-state index is 5.90. The van der Waals surface area contributed by atoms with Crippen molar-refractivity contribution in [2.24, 2.45) is 0 Å². The third kappa shape index (κ3) is 3.36. The number of aromatic nitrogens is 2. The Morgan fingerprint density at radius 3 is 2.19 bits per heavy atom. The number of nitrogen functional groups attached to an aromatic ring is 2. The number of anilines is 2. The molecule has 4 N–H and O–H groups in total. The fourth-order valence-electron chi connectivity index (χ4n) is 1.75. The van der Waals surface area contributed by atoms with E-state index in [2.05, 4.69) is 23.8 Å². The highest BCUT2D eigenvalue weighted by atomic mass is 15.0. The summed E-state index contributed by atoms with van der Waals surface area (Å²) < 4.78 is 0. The van der Waals surface area contributed by atoms with Crippen LogP contribution in [-0.2, 0) is 12.8 Å². The minimum Gasteiger partial charge on any atom is -0.383 e. The van der Waals surface area contributed by atoms with Crippen LogP contribution in [0.3, 0.4) is 0 Å². The van der Waals surface area contributed by atoms with E-state index in [-0.39, 0.29) is 0 Å². The van der Waals surface area contributed by atoms with Gasteiger partial charge in [-0.1, -0.05) is 26.7 Å². The molecule has 90 valence electrons. The van der Waals surface area contributed by atoms with Crippen molar-refractivity contribution < 1.29 is 0 Å². The van der Waals surface area contributed by atoms with E-state index in [0.717, 1.165) is 49.8 Å². The Labute approximate surface area is 97.5 Å². The molecule has 0 atom stereocenters. The van der Waals surface area contributed by atoms with E-state index in [4.69, 9.17) is 11.5 Å². The normalized spacial score (nSPS) is 10.6. The van der Waals surface area contributed by atoms with Crippen LogP contribution in [-0.4, -0.2) is 9.97 Å². The zero-order chi connectivity index (χ0) is 12.0. The van der Waals surface area contributed by atoms with Gasteiger partial charge in [0.2, 0.25) is 5.95 Å². The summed E-state index contributed by atoms with van der Waals surface area (Å²) in [7, 11) is 0. The molecule has 4 heteroatoms. The van der Waals surface area contributed by atoms with Crippen molar-refractivity contribution >= 4 is 11.8 Å². The number of rotatable bonds is 6. The molecule has 0 fully saturated rings. The molecule has 0 aliphatic heterocycles. The second-order valence-corrected chi connectivity index (χ2v) is 4.10. The monoisotopic (exact) mass is 222 g/mol. The first-order valence-corrected chi connectivity index (χ1v) is 6.09. The van der Waals surface area contributed by atoms with Crippen LogP contribution < -0.4 is 11.5 Å². The smallest absolute Gasteiger partial charge is 0.222 e. The number of aryl methyl sites for hydroxylation is 1. The molecule has 0 saturated heterocycles. The lowest BCUT2D eigenvalue weighted by atomic mass is 10.0. The third-order valence-electron chi connectivity index (χ3n) is 2.69. The molecule has 16 heavy (non-hydrogen) atoms. The van der Waals surface area contributed by atoms with Gasteiger partial charge in [-0.3, -0.25) is 0 Å². The lowest BCUT2D eigenvalue weighted by molar-refractivity contribution is 0.738. The first-order chi connectivity index (χ1) is 7.69. The molecule has 0 unspecified atom stereocenters. The highest BCUT2D eigenvalue weighted by Crippen LogP contribution is 2.19.